The number of nitrogens with zero attached hydrogens (tertiary/aromatic N) is 8. The van der Waals surface area contributed by atoms with Crippen molar-refractivity contribution in [2.45, 2.75) is 40.1 Å². The highest BCUT2D eigenvalue weighted by Crippen LogP contribution is 2.36. The molecular weight excluding hydrogens is 710 g/mol. The van der Waals surface area contributed by atoms with Gasteiger partial charge in [0, 0.05) is 30.9 Å². The van der Waals surface area contributed by atoms with E-state index < -0.39 is 5.91 Å². The molecule has 0 aliphatic rings. The summed E-state index contributed by atoms with van der Waals surface area (Å²) in [6, 6.07) is 23.1. The Morgan fingerprint density at radius 2 is 1.63 bits per heavy atom. The molecule has 0 bridgehead atoms. The summed E-state index contributed by atoms with van der Waals surface area (Å²) in [6.07, 6.45) is 3.11. The van der Waals surface area contributed by atoms with Crippen LogP contribution in [0.5, 0.6) is 23.0 Å². The van der Waals surface area contributed by atoms with Gasteiger partial charge in [0.1, 0.15) is 46.1 Å². The van der Waals surface area contributed by atoms with Crippen molar-refractivity contribution < 1.29 is 23.7 Å². The van der Waals surface area contributed by atoms with Crippen molar-refractivity contribution in [3.63, 3.8) is 0 Å². The van der Waals surface area contributed by atoms with Gasteiger partial charge >= 0.3 is 0 Å². The van der Waals surface area contributed by atoms with Gasteiger partial charge in [-0.25, -0.2) is 9.97 Å². The summed E-state index contributed by atoms with van der Waals surface area (Å²) in [7, 11) is 4.77. The van der Waals surface area contributed by atoms with E-state index in [2.05, 4.69) is 10.3 Å². The summed E-state index contributed by atoms with van der Waals surface area (Å²) in [5.74, 6) is 3.06. The third-order valence-electron chi connectivity index (χ3n) is 8.90. The smallest absolute Gasteiger partial charge is 0.287 e. The number of methoxy groups -OCH3 is 3. The normalized spacial score (nSPS) is 11.1. The van der Waals surface area contributed by atoms with E-state index in [-0.39, 0.29) is 17.5 Å². The average Bonchev–Trinajstić information content (AvgIpc) is 3.88. The molecule has 54 heavy (non-hydrogen) atoms. The van der Waals surface area contributed by atoms with Crippen LogP contribution in [0.4, 0.5) is 0 Å². The fourth-order valence-corrected chi connectivity index (χ4v) is 6.32. The quantitative estimate of drug-likeness (QED) is 0.132. The van der Waals surface area contributed by atoms with Gasteiger partial charge < -0.3 is 24.3 Å². The first-order valence-corrected chi connectivity index (χ1v) is 17.5. The number of aryl methyl sites for hydroxylation is 2. The molecule has 0 saturated heterocycles. The number of carbonyl (C=O) groups excluding carboxylic acids is 1. The number of ether oxygens (including phenoxy) is 4. The van der Waals surface area contributed by atoms with Gasteiger partial charge in [-0.1, -0.05) is 54.1 Å². The Bertz CT molecular complexity index is 2420. The van der Waals surface area contributed by atoms with E-state index >= 15 is 0 Å². The molecule has 14 nitrogen and oxygen atoms in total. The molecule has 0 aliphatic heterocycles. The molecule has 0 saturated carbocycles. The minimum atomic E-state index is -0.450. The van der Waals surface area contributed by atoms with E-state index in [0.717, 1.165) is 22.4 Å². The van der Waals surface area contributed by atoms with Crippen LogP contribution < -0.4 is 24.3 Å². The zero-order chi connectivity index (χ0) is 37.8. The van der Waals surface area contributed by atoms with Gasteiger partial charge in [-0.05, 0) is 49.2 Å². The van der Waals surface area contributed by atoms with Crippen LogP contribution >= 0.6 is 11.6 Å². The number of nitrogens with one attached hydrogen (secondary N) is 1. The van der Waals surface area contributed by atoms with Gasteiger partial charge in [-0.3, -0.25) is 18.4 Å². The number of hydrogen-bond acceptors (Lipinski definition) is 10. The molecular formula is C39H38ClN9O5. The van der Waals surface area contributed by atoms with E-state index in [4.69, 9.17) is 50.8 Å². The van der Waals surface area contributed by atoms with Gasteiger partial charge in [0.15, 0.2) is 17.4 Å². The topological polar surface area (TPSA) is 145 Å². The minimum absolute atomic E-state index is 0.0821. The maximum atomic E-state index is 13.9. The standard InChI is InChI=1S/C39H38ClN9O5/c1-6-49-34(35(24(2)46-49)54-23-26-10-8-7-9-11-26)37-45-44-36(48(37)21-25-12-15-28(51-3)16-13-25)33-30-20-41-32(40)22-47(30)38(43-33)39(50)42-19-27-14-17-29(52-4)18-31(27)53-5/h7-18,20,22H,6,19,21,23H2,1-5H3,(H,42,50). The predicted octanol–water partition coefficient (Wildman–Crippen LogP) is 6.42. The van der Waals surface area contributed by atoms with Crippen LogP contribution in [0.1, 0.15) is 39.9 Å². The molecule has 3 aromatic carbocycles. The van der Waals surface area contributed by atoms with Gasteiger partial charge in [-0.15, -0.1) is 10.2 Å². The first-order chi connectivity index (χ1) is 26.3. The van der Waals surface area contributed by atoms with Crippen molar-refractivity contribution in [2.75, 3.05) is 21.3 Å². The van der Waals surface area contributed by atoms with Crippen LogP contribution in [0.25, 0.3) is 28.6 Å². The largest absolute Gasteiger partial charge is 0.497 e. The highest BCUT2D eigenvalue weighted by molar-refractivity contribution is 6.29. The lowest BCUT2D eigenvalue weighted by molar-refractivity contribution is 0.0939. The molecule has 7 aromatic rings. The Balaban J connectivity index is 1.33. The van der Waals surface area contributed by atoms with Crippen molar-refractivity contribution in [3.05, 3.63) is 119 Å². The molecule has 0 atom stereocenters. The maximum Gasteiger partial charge on any atom is 0.287 e. The Morgan fingerprint density at radius 3 is 2.35 bits per heavy atom. The number of fused-ring (bicyclic) bond motifs is 1. The van der Waals surface area contributed by atoms with Crippen molar-refractivity contribution >= 4 is 23.0 Å². The molecule has 15 heteroatoms. The molecule has 4 aromatic heterocycles. The number of benzene rings is 3. The van der Waals surface area contributed by atoms with Gasteiger partial charge in [0.25, 0.3) is 5.91 Å². The zero-order valence-electron chi connectivity index (χ0n) is 30.4. The minimum Gasteiger partial charge on any atom is -0.497 e. The second-order valence-corrected chi connectivity index (χ2v) is 12.6. The summed E-state index contributed by atoms with van der Waals surface area (Å²) >= 11 is 6.38. The van der Waals surface area contributed by atoms with E-state index in [9.17, 15) is 4.79 Å². The van der Waals surface area contributed by atoms with Crippen LogP contribution in [0, 0.1) is 6.92 Å². The lowest BCUT2D eigenvalue weighted by Crippen LogP contribution is -2.25. The van der Waals surface area contributed by atoms with Crippen molar-refractivity contribution in [2.24, 2.45) is 0 Å². The fraction of sp³-hybridized carbons (Fsp3) is 0.231. The molecule has 1 N–H and O–H groups in total. The lowest BCUT2D eigenvalue weighted by Gasteiger charge is -2.13. The summed E-state index contributed by atoms with van der Waals surface area (Å²) in [5, 5.41) is 17.4. The Morgan fingerprint density at radius 1 is 0.889 bits per heavy atom. The third-order valence-corrected chi connectivity index (χ3v) is 9.10. The first kappa shape index (κ1) is 36.0. The third kappa shape index (κ3) is 7.15. The summed E-state index contributed by atoms with van der Waals surface area (Å²) in [4.78, 5) is 23.1. The van der Waals surface area contributed by atoms with Crippen molar-refractivity contribution in [3.8, 4) is 46.0 Å². The monoisotopic (exact) mass is 747 g/mol. The first-order valence-electron chi connectivity index (χ1n) is 17.2. The van der Waals surface area contributed by atoms with Gasteiger partial charge in [0.05, 0.1) is 39.6 Å². The zero-order valence-corrected chi connectivity index (χ0v) is 31.2. The second kappa shape index (κ2) is 15.7. The van der Waals surface area contributed by atoms with E-state index in [1.807, 2.05) is 83.8 Å². The number of hydrogen-bond donors (Lipinski definition) is 1. The second-order valence-electron chi connectivity index (χ2n) is 12.2. The average molecular weight is 748 g/mol. The molecule has 0 fully saturated rings. The van der Waals surface area contributed by atoms with Crippen molar-refractivity contribution in [1.29, 1.82) is 0 Å². The molecule has 0 spiro atoms. The number of halogens is 1. The van der Waals surface area contributed by atoms with E-state index in [0.29, 0.717) is 71.2 Å². The molecule has 0 radical (unpaired) electrons. The SMILES string of the molecule is CCn1nc(C)c(OCc2ccccc2)c1-c1nnc(-c2nc(C(=O)NCc3ccc(OC)cc3OC)n3cc(Cl)ncc23)n1Cc1ccc(OC)cc1. The summed E-state index contributed by atoms with van der Waals surface area (Å²) < 4.78 is 28.1. The van der Waals surface area contributed by atoms with Crippen LogP contribution in [0.2, 0.25) is 5.15 Å². The molecule has 276 valence electrons. The van der Waals surface area contributed by atoms with Crippen LogP contribution in [-0.2, 0) is 26.2 Å². The van der Waals surface area contributed by atoms with Crippen LogP contribution in [0.3, 0.4) is 0 Å². The fourth-order valence-electron chi connectivity index (χ4n) is 6.17. The van der Waals surface area contributed by atoms with Crippen molar-refractivity contribution in [1.82, 2.24) is 44.2 Å². The van der Waals surface area contributed by atoms with E-state index in [1.54, 1.807) is 50.3 Å². The summed E-state index contributed by atoms with van der Waals surface area (Å²) in [6.45, 7) is 5.31. The van der Waals surface area contributed by atoms with Crippen LogP contribution in [-0.4, -0.2) is 66.2 Å². The highest BCUT2D eigenvalue weighted by Gasteiger charge is 2.29. The number of imidazole rings is 1. The van der Waals surface area contributed by atoms with Gasteiger partial charge in [0.2, 0.25) is 5.82 Å². The number of rotatable bonds is 14. The van der Waals surface area contributed by atoms with Crippen LogP contribution in [0.15, 0.2) is 85.2 Å². The molecule has 0 aliphatic carbocycles. The maximum absolute atomic E-state index is 13.9. The number of carbonyl (C=O) groups is 1. The highest BCUT2D eigenvalue weighted by atomic mass is 35.5. The Labute approximate surface area is 316 Å². The molecule has 7 rings (SSSR count). The molecule has 1 amide bonds. The van der Waals surface area contributed by atoms with Gasteiger partial charge in [-0.2, -0.15) is 5.10 Å². The number of aromatic nitrogens is 8. The summed E-state index contributed by atoms with van der Waals surface area (Å²) in [5.41, 5.74) is 4.97. The molecule has 0 unspecified atom stereocenters. The number of amides is 1. The Hall–Kier alpha value is -6.41. The van der Waals surface area contributed by atoms with E-state index in [1.165, 1.54) is 0 Å². The Kier molecular flexibility index (Phi) is 10.4. The molecule has 4 heterocycles. The lowest BCUT2D eigenvalue weighted by atomic mass is 10.2. The predicted molar refractivity (Wildman–Crippen MR) is 202 cm³/mol.